The average molecular weight is 288 g/mol. The van der Waals surface area contributed by atoms with Crippen LogP contribution in [-0.2, 0) is 12.8 Å². The lowest BCUT2D eigenvalue weighted by atomic mass is 10.1. The first-order chi connectivity index (χ1) is 10.0. The maximum absolute atomic E-state index is 9.04. The first kappa shape index (κ1) is 15.0. The Labute approximate surface area is 123 Å². The van der Waals surface area contributed by atoms with Gasteiger partial charge in [-0.25, -0.2) is 4.68 Å². The fraction of sp³-hybridized carbons (Fsp3) is 0.429. The van der Waals surface area contributed by atoms with Gasteiger partial charge < -0.3 is 10.9 Å². The van der Waals surface area contributed by atoms with Gasteiger partial charge in [-0.15, -0.1) is 5.10 Å². The second kappa shape index (κ2) is 5.90. The van der Waals surface area contributed by atoms with Crippen LogP contribution in [0.3, 0.4) is 0 Å². The number of nitrogens with zero attached hydrogens (tertiary/aromatic N) is 5. The minimum Gasteiger partial charge on any atom is -0.409 e. The molecule has 2 rings (SSSR count). The van der Waals surface area contributed by atoms with Gasteiger partial charge in [0, 0.05) is 5.69 Å². The van der Waals surface area contributed by atoms with Crippen molar-refractivity contribution in [3.8, 4) is 5.82 Å². The van der Waals surface area contributed by atoms with Crippen LogP contribution in [0, 0.1) is 13.8 Å². The molecule has 2 heterocycles. The molecule has 112 valence electrons. The summed E-state index contributed by atoms with van der Waals surface area (Å²) in [5.74, 6) is 0.501. The summed E-state index contributed by atoms with van der Waals surface area (Å²) in [4.78, 5) is 0. The molecule has 0 fully saturated rings. The third-order valence-corrected chi connectivity index (χ3v) is 3.56. The van der Waals surface area contributed by atoms with E-state index in [0.717, 1.165) is 35.5 Å². The largest absolute Gasteiger partial charge is 0.409 e. The van der Waals surface area contributed by atoms with Gasteiger partial charge in [-0.2, -0.15) is 10.2 Å². The molecule has 0 spiro atoms. The molecule has 21 heavy (non-hydrogen) atoms. The van der Waals surface area contributed by atoms with E-state index in [1.807, 2.05) is 33.8 Å². The molecule has 0 aliphatic rings. The fourth-order valence-corrected chi connectivity index (χ4v) is 2.18. The van der Waals surface area contributed by atoms with Crippen molar-refractivity contribution in [2.45, 2.75) is 40.5 Å². The van der Waals surface area contributed by atoms with Crippen molar-refractivity contribution in [3.63, 3.8) is 0 Å². The van der Waals surface area contributed by atoms with Gasteiger partial charge in [0.25, 0.3) is 0 Å². The van der Waals surface area contributed by atoms with Gasteiger partial charge >= 0.3 is 0 Å². The van der Waals surface area contributed by atoms with Crippen molar-refractivity contribution < 1.29 is 5.21 Å². The normalized spacial score (nSPS) is 11.9. The summed E-state index contributed by atoms with van der Waals surface area (Å²) < 4.78 is 1.73. The summed E-state index contributed by atoms with van der Waals surface area (Å²) >= 11 is 0. The van der Waals surface area contributed by atoms with Crippen molar-refractivity contribution in [1.82, 2.24) is 20.0 Å². The van der Waals surface area contributed by atoms with E-state index in [1.54, 1.807) is 4.68 Å². The molecule has 0 aromatic carbocycles. The van der Waals surface area contributed by atoms with E-state index in [1.165, 1.54) is 0 Å². The van der Waals surface area contributed by atoms with Crippen molar-refractivity contribution in [2.75, 3.05) is 0 Å². The van der Waals surface area contributed by atoms with Gasteiger partial charge in [0.1, 0.15) is 0 Å². The number of amidine groups is 1. The highest BCUT2D eigenvalue weighted by Gasteiger charge is 2.19. The average Bonchev–Trinajstić information content (AvgIpc) is 2.92. The smallest absolute Gasteiger partial charge is 0.187 e. The molecular weight excluding hydrogens is 268 g/mol. The standard InChI is InChI=1S/C14H20N6O/c1-5-10-7-11(6-2)20(18-10)14-12(13(15)19-21)8(3)9(4)16-17-14/h7,21H,5-6H2,1-4H3,(H2,15,19). The van der Waals surface area contributed by atoms with E-state index in [9.17, 15) is 0 Å². The van der Waals surface area contributed by atoms with Gasteiger partial charge in [-0.3, -0.25) is 0 Å². The lowest BCUT2D eigenvalue weighted by molar-refractivity contribution is 0.318. The Balaban J connectivity index is 2.75. The summed E-state index contributed by atoms with van der Waals surface area (Å²) in [5.41, 5.74) is 9.93. The van der Waals surface area contributed by atoms with Crippen LogP contribution in [-0.4, -0.2) is 31.0 Å². The maximum Gasteiger partial charge on any atom is 0.187 e. The molecule has 7 heteroatoms. The molecule has 0 aliphatic heterocycles. The zero-order valence-corrected chi connectivity index (χ0v) is 12.8. The quantitative estimate of drug-likeness (QED) is 0.384. The van der Waals surface area contributed by atoms with Crippen LogP contribution in [0.4, 0.5) is 0 Å². The first-order valence-electron chi connectivity index (χ1n) is 6.93. The first-order valence-corrected chi connectivity index (χ1v) is 6.93. The van der Waals surface area contributed by atoms with Gasteiger partial charge in [-0.05, 0) is 38.3 Å². The zero-order chi connectivity index (χ0) is 15.6. The molecule has 2 aromatic rings. The van der Waals surface area contributed by atoms with E-state index in [-0.39, 0.29) is 5.84 Å². The lowest BCUT2D eigenvalue weighted by Gasteiger charge is -2.13. The monoisotopic (exact) mass is 288 g/mol. The minimum atomic E-state index is 0.0103. The summed E-state index contributed by atoms with van der Waals surface area (Å²) in [6.45, 7) is 7.80. The van der Waals surface area contributed by atoms with Crippen molar-refractivity contribution >= 4 is 5.84 Å². The van der Waals surface area contributed by atoms with E-state index >= 15 is 0 Å². The summed E-state index contributed by atoms with van der Waals surface area (Å²) in [6.07, 6.45) is 1.63. The number of aryl methyl sites for hydroxylation is 3. The van der Waals surface area contributed by atoms with Crippen LogP contribution in [0.25, 0.3) is 5.82 Å². The molecule has 0 saturated heterocycles. The maximum atomic E-state index is 9.04. The Hall–Kier alpha value is -2.44. The Morgan fingerprint density at radius 3 is 2.57 bits per heavy atom. The molecule has 0 radical (unpaired) electrons. The highest BCUT2D eigenvalue weighted by Crippen LogP contribution is 2.20. The third kappa shape index (κ3) is 2.58. The van der Waals surface area contributed by atoms with Crippen LogP contribution in [0.2, 0.25) is 0 Å². The fourth-order valence-electron chi connectivity index (χ4n) is 2.18. The van der Waals surface area contributed by atoms with Crippen molar-refractivity contribution in [3.05, 3.63) is 34.3 Å². The number of hydrogen-bond acceptors (Lipinski definition) is 5. The molecule has 0 saturated carbocycles. The number of nitrogens with two attached hydrogens (primary N) is 1. The Kier molecular flexibility index (Phi) is 4.21. The molecule has 0 bridgehead atoms. The third-order valence-electron chi connectivity index (χ3n) is 3.56. The highest BCUT2D eigenvalue weighted by molar-refractivity contribution is 6.01. The molecular formula is C14H20N6O. The van der Waals surface area contributed by atoms with Gasteiger partial charge in [0.15, 0.2) is 11.7 Å². The molecule has 0 aliphatic carbocycles. The van der Waals surface area contributed by atoms with Crippen LogP contribution < -0.4 is 5.73 Å². The van der Waals surface area contributed by atoms with Crippen LogP contribution in [0.5, 0.6) is 0 Å². The van der Waals surface area contributed by atoms with E-state index in [0.29, 0.717) is 11.4 Å². The topological polar surface area (TPSA) is 102 Å². The van der Waals surface area contributed by atoms with Crippen LogP contribution in [0.15, 0.2) is 11.2 Å². The molecule has 0 amide bonds. The van der Waals surface area contributed by atoms with E-state index in [2.05, 4.69) is 20.5 Å². The van der Waals surface area contributed by atoms with Gasteiger partial charge in [0.05, 0.1) is 17.0 Å². The summed E-state index contributed by atoms with van der Waals surface area (Å²) in [5, 5.41) is 25.0. The number of aromatic nitrogens is 4. The van der Waals surface area contributed by atoms with Crippen molar-refractivity contribution in [1.29, 1.82) is 0 Å². The SMILES string of the molecule is CCc1cc(CC)n(-c2nnc(C)c(C)c2/C(N)=N/O)n1. The number of oxime groups is 1. The lowest BCUT2D eigenvalue weighted by Crippen LogP contribution is -2.22. The Morgan fingerprint density at radius 2 is 2.00 bits per heavy atom. The predicted molar refractivity (Wildman–Crippen MR) is 79.9 cm³/mol. The second-order valence-electron chi connectivity index (χ2n) is 4.84. The zero-order valence-electron chi connectivity index (χ0n) is 12.8. The van der Waals surface area contributed by atoms with Crippen LogP contribution in [0.1, 0.15) is 42.1 Å². The second-order valence-corrected chi connectivity index (χ2v) is 4.84. The van der Waals surface area contributed by atoms with E-state index in [4.69, 9.17) is 10.9 Å². The molecule has 2 aromatic heterocycles. The summed E-state index contributed by atoms with van der Waals surface area (Å²) in [7, 11) is 0. The van der Waals surface area contributed by atoms with E-state index < -0.39 is 0 Å². The predicted octanol–water partition coefficient (Wildman–Crippen LogP) is 1.50. The molecule has 7 nitrogen and oxygen atoms in total. The summed E-state index contributed by atoms with van der Waals surface area (Å²) in [6, 6.07) is 2.03. The highest BCUT2D eigenvalue weighted by atomic mass is 16.4. The molecule has 0 unspecified atom stereocenters. The molecule has 0 atom stereocenters. The van der Waals surface area contributed by atoms with Crippen molar-refractivity contribution in [2.24, 2.45) is 10.9 Å². The number of rotatable bonds is 4. The van der Waals surface area contributed by atoms with Gasteiger partial charge in [-0.1, -0.05) is 19.0 Å². The minimum absolute atomic E-state index is 0.0103. The molecule has 3 N–H and O–H groups in total. The Morgan fingerprint density at radius 1 is 1.29 bits per heavy atom. The Bertz CT molecular complexity index is 689. The van der Waals surface area contributed by atoms with Gasteiger partial charge in [0.2, 0.25) is 0 Å². The number of hydrogen-bond donors (Lipinski definition) is 2. The van der Waals surface area contributed by atoms with Crippen LogP contribution >= 0.6 is 0 Å².